The Morgan fingerprint density at radius 1 is 1.06 bits per heavy atom. The number of hydrogen-bond acceptors (Lipinski definition) is 2. The van der Waals surface area contributed by atoms with Gasteiger partial charge in [0, 0.05) is 0 Å². The summed E-state index contributed by atoms with van der Waals surface area (Å²) in [4.78, 5) is 11.8. The molecule has 0 aromatic heterocycles. The summed E-state index contributed by atoms with van der Waals surface area (Å²) in [5, 5.41) is 2.21. The molecule has 0 heterocycles. The number of ether oxygens (including phenoxy) is 1. The summed E-state index contributed by atoms with van der Waals surface area (Å²) in [5.41, 5.74) is 0.628. The summed E-state index contributed by atoms with van der Waals surface area (Å²) >= 11 is 2.33. The van der Waals surface area contributed by atoms with Gasteiger partial charge in [-0.15, -0.1) is 0 Å². The number of esters is 1. The van der Waals surface area contributed by atoms with Crippen LogP contribution in [0.3, 0.4) is 0 Å². The Morgan fingerprint density at radius 2 is 1.83 bits per heavy atom. The van der Waals surface area contributed by atoms with Crippen LogP contribution in [0.2, 0.25) is 0 Å². The van der Waals surface area contributed by atoms with Gasteiger partial charge in [0.25, 0.3) is 0 Å². The van der Waals surface area contributed by atoms with E-state index in [1.807, 2.05) is 42.5 Å². The Bertz CT molecular complexity index is 537. The molecule has 0 atom stereocenters. The van der Waals surface area contributed by atoms with Crippen LogP contribution in [0.4, 0.5) is 0 Å². The van der Waals surface area contributed by atoms with Crippen molar-refractivity contribution in [2.45, 2.75) is 12.8 Å². The smallest absolute Gasteiger partial charge is 0.338 e. The normalized spacial score (nSPS) is 10.5. The highest BCUT2D eigenvalue weighted by Gasteiger charge is 2.07. The summed E-state index contributed by atoms with van der Waals surface area (Å²) in [6, 6.07) is 13.7. The summed E-state index contributed by atoms with van der Waals surface area (Å²) in [6.45, 7) is 0.509. The number of benzene rings is 2. The monoisotopic (exact) mass is 354 g/mol. The van der Waals surface area contributed by atoms with E-state index < -0.39 is 0 Å². The highest BCUT2D eigenvalue weighted by Crippen LogP contribution is 2.16. The van der Waals surface area contributed by atoms with Crippen LogP contribution in [-0.4, -0.2) is 17.0 Å². The van der Waals surface area contributed by atoms with Crippen LogP contribution in [0.15, 0.2) is 42.5 Å². The summed E-state index contributed by atoms with van der Waals surface area (Å²) in [6.07, 6.45) is 2.02. The number of rotatable bonds is 5. The molecule has 2 nitrogen and oxygen atoms in total. The van der Waals surface area contributed by atoms with Crippen LogP contribution in [0, 0.1) is 0 Å². The predicted molar refractivity (Wildman–Crippen MR) is 82.4 cm³/mol. The van der Waals surface area contributed by atoms with Crippen LogP contribution in [0.5, 0.6) is 0 Å². The minimum absolute atomic E-state index is 0.228. The number of hydrogen-bond donors (Lipinski definition) is 0. The molecule has 3 heteroatoms. The van der Waals surface area contributed by atoms with Crippen LogP contribution >= 0.6 is 22.6 Å². The lowest BCUT2D eigenvalue weighted by molar-refractivity contribution is 0.0500. The Morgan fingerprint density at radius 3 is 2.61 bits per heavy atom. The molecule has 94 valence electrons. The van der Waals surface area contributed by atoms with Gasteiger partial charge in [-0.3, -0.25) is 0 Å². The summed E-state index contributed by atoms with van der Waals surface area (Å²) < 4.78 is 6.34. The van der Waals surface area contributed by atoms with E-state index >= 15 is 0 Å². The van der Waals surface area contributed by atoms with E-state index in [9.17, 15) is 4.79 Å². The average Bonchev–Trinajstić information content (AvgIpc) is 2.43. The Hall–Kier alpha value is -1.10. The van der Waals surface area contributed by atoms with Crippen molar-refractivity contribution >= 4 is 39.3 Å². The number of alkyl halides is 1. The van der Waals surface area contributed by atoms with E-state index in [0.717, 1.165) is 28.0 Å². The summed E-state index contributed by atoms with van der Waals surface area (Å²) in [7, 11) is 0. The first kappa shape index (κ1) is 13.3. The van der Waals surface area contributed by atoms with Gasteiger partial charge in [-0.1, -0.05) is 52.9 Å². The first-order chi connectivity index (χ1) is 8.81. The second-order valence-electron chi connectivity index (χ2n) is 4.09. The van der Waals surface area contributed by atoms with Gasteiger partial charge in [-0.05, 0) is 40.2 Å². The van der Waals surface area contributed by atoms with Crippen molar-refractivity contribution in [2.75, 3.05) is 11.0 Å². The molecule has 0 unspecified atom stereocenters. The van der Waals surface area contributed by atoms with E-state index in [1.54, 1.807) is 0 Å². The molecule has 0 fully saturated rings. The number of carbonyl (C=O) groups excluding carboxylic acids is 1. The second kappa shape index (κ2) is 6.73. The first-order valence-corrected chi connectivity index (χ1v) is 7.56. The molecule has 0 aliphatic carbocycles. The maximum atomic E-state index is 11.8. The third-order valence-corrected chi connectivity index (χ3v) is 3.51. The SMILES string of the molecule is O=C(OCCCCI)c1ccc2ccccc2c1. The van der Waals surface area contributed by atoms with E-state index in [0.29, 0.717) is 12.2 Å². The van der Waals surface area contributed by atoms with Gasteiger partial charge < -0.3 is 4.74 Å². The fourth-order valence-corrected chi connectivity index (χ4v) is 2.30. The van der Waals surface area contributed by atoms with Gasteiger partial charge in [0.15, 0.2) is 0 Å². The van der Waals surface area contributed by atoms with Crippen LogP contribution in [-0.2, 0) is 4.74 Å². The van der Waals surface area contributed by atoms with Crippen LogP contribution in [0.25, 0.3) is 10.8 Å². The zero-order chi connectivity index (χ0) is 12.8. The van der Waals surface area contributed by atoms with Gasteiger partial charge in [0.1, 0.15) is 0 Å². The van der Waals surface area contributed by atoms with Crippen molar-refractivity contribution < 1.29 is 9.53 Å². The zero-order valence-corrected chi connectivity index (χ0v) is 12.2. The van der Waals surface area contributed by atoms with Crippen molar-refractivity contribution in [3.63, 3.8) is 0 Å². The fraction of sp³-hybridized carbons (Fsp3) is 0.267. The molecule has 0 radical (unpaired) electrons. The summed E-state index contributed by atoms with van der Waals surface area (Å²) in [5.74, 6) is -0.228. The Balaban J connectivity index is 2.04. The average molecular weight is 354 g/mol. The van der Waals surface area contributed by atoms with E-state index in [2.05, 4.69) is 22.6 Å². The third kappa shape index (κ3) is 3.45. The fourth-order valence-electron chi connectivity index (χ4n) is 1.76. The van der Waals surface area contributed by atoms with Crippen molar-refractivity contribution in [3.8, 4) is 0 Å². The topological polar surface area (TPSA) is 26.3 Å². The molecule has 18 heavy (non-hydrogen) atoms. The van der Waals surface area contributed by atoms with Crippen LogP contribution < -0.4 is 0 Å². The maximum absolute atomic E-state index is 11.8. The molecule has 0 spiro atoms. The number of unbranched alkanes of at least 4 members (excludes halogenated alkanes) is 1. The third-order valence-electron chi connectivity index (χ3n) is 2.75. The van der Waals surface area contributed by atoms with Crippen molar-refractivity contribution in [2.24, 2.45) is 0 Å². The quantitative estimate of drug-likeness (QED) is 0.348. The zero-order valence-electron chi connectivity index (χ0n) is 10.1. The van der Waals surface area contributed by atoms with Crippen molar-refractivity contribution in [1.82, 2.24) is 0 Å². The number of fused-ring (bicyclic) bond motifs is 1. The van der Waals surface area contributed by atoms with Gasteiger partial charge in [-0.2, -0.15) is 0 Å². The Kier molecular flexibility index (Phi) is 4.99. The molecule has 2 aromatic rings. The van der Waals surface area contributed by atoms with Gasteiger partial charge >= 0.3 is 5.97 Å². The van der Waals surface area contributed by atoms with E-state index in [4.69, 9.17) is 4.74 Å². The van der Waals surface area contributed by atoms with Gasteiger partial charge in [-0.25, -0.2) is 4.79 Å². The molecule has 0 aliphatic heterocycles. The lowest BCUT2D eigenvalue weighted by Gasteiger charge is -2.05. The van der Waals surface area contributed by atoms with Gasteiger partial charge in [0.05, 0.1) is 12.2 Å². The minimum Gasteiger partial charge on any atom is -0.462 e. The lowest BCUT2D eigenvalue weighted by atomic mass is 10.1. The second-order valence-corrected chi connectivity index (χ2v) is 5.17. The molecule has 0 N–H and O–H groups in total. The Labute approximate surface area is 120 Å². The molecule has 0 saturated heterocycles. The highest BCUT2D eigenvalue weighted by molar-refractivity contribution is 14.1. The van der Waals surface area contributed by atoms with Crippen molar-refractivity contribution in [1.29, 1.82) is 0 Å². The molecule has 0 saturated carbocycles. The maximum Gasteiger partial charge on any atom is 0.338 e. The van der Waals surface area contributed by atoms with E-state index in [-0.39, 0.29) is 5.97 Å². The lowest BCUT2D eigenvalue weighted by Crippen LogP contribution is -2.06. The molecule has 2 rings (SSSR count). The van der Waals surface area contributed by atoms with E-state index in [1.165, 1.54) is 0 Å². The number of carbonyl (C=O) groups is 1. The molecular formula is C15H15IO2. The van der Waals surface area contributed by atoms with Crippen molar-refractivity contribution in [3.05, 3.63) is 48.0 Å². The standard InChI is InChI=1S/C15H15IO2/c16-9-3-4-10-18-15(17)14-8-7-12-5-1-2-6-13(12)11-14/h1-2,5-8,11H,3-4,9-10H2. The number of halogens is 1. The molecule has 0 bridgehead atoms. The minimum atomic E-state index is -0.228. The van der Waals surface area contributed by atoms with Crippen LogP contribution in [0.1, 0.15) is 23.2 Å². The predicted octanol–water partition coefficient (Wildman–Crippen LogP) is 4.21. The molecule has 2 aromatic carbocycles. The molecule has 0 amide bonds. The largest absolute Gasteiger partial charge is 0.462 e. The highest BCUT2D eigenvalue weighted by atomic mass is 127. The molecular weight excluding hydrogens is 339 g/mol. The van der Waals surface area contributed by atoms with Gasteiger partial charge in [0.2, 0.25) is 0 Å². The first-order valence-electron chi connectivity index (χ1n) is 6.03. The molecule has 0 aliphatic rings.